The summed E-state index contributed by atoms with van der Waals surface area (Å²) in [5, 5.41) is 15.2. The topological polar surface area (TPSA) is 112 Å². The third kappa shape index (κ3) is 3.27. The highest BCUT2D eigenvalue weighted by Gasteiger charge is 2.18. The first-order valence-corrected chi connectivity index (χ1v) is 8.03. The molecule has 130 valence electrons. The minimum atomic E-state index is -0.447. The van der Waals surface area contributed by atoms with E-state index in [0.29, 0.717) is 17.4 Å². The Hall–Kier alpha value is -3.62. The Labute approximate surface area is 148 Å². The van der Waals surface area contributed by atoms with Gasteiger partial charge in [-0.25, -0.2) is 0 Å². The number of fused-ring (bicyclic) bond motifs is 1. The summed E-state index contributed by atoms with van der Waals surface area (Å²) in [4.78, 5) is 22.0. The largest absolute Gasteiger partial charge is 0.343 e. The van der Waals surface area contributed by atoms with Gasteiger partial charge in [-0.2, -0.15) is 20.0 Å². The Morgan fingerprint density at radius 3 is 2.58 bits per heavy atom. The first-order valence-electron chi connectivity index (χ1n) is 8.03. The molecule has 9 heteroatoms. The van der Waals surface area contributed by atoms with Crippen molar-refractivity contribution < 1.29 is 9.32 Å². The van der Waals surface area contributed by atoms with Crippen LogP contribution in [0.15, 0.2) is 53.2 Å². The lowest BCUT2D eigenvalue weighted by Crippen LogP contribution is -2.31. The molecular weight excluding hydrogens is 334 g/mol. The summed E-state index contributed by atoms with van der Waals surface area (Å²) in [6, 6.07) is 12.4. The average Bonchev–Trinajstić information content (AvgIpc) is 3.29. The van der Waals surface area contributed by atoms with Gasteiger partial charge in [-0.3, -0.25) is 9.78 Å². The van der Waals surface area contributed by atoms with Crippen LogP contribution in [0.4, 0.5) is 0 Å². The number of nitrogens with zero attached hydrogens (tertiary/aromatic N) is 6. The standard InChI is InChI=1S/C17H15N7O2/c1-11(17-20-16(23-26-17)14-8-4-5-9-18-14)19-15(25)10-24-21-12-6-2-3-7-13(12)22-24/h2-9,11H,10H2,1H3,(H,19,25)/t11-/m1/s1. The van der Waals surface area contributed by atoms with Crippen LogP contribution in [-0.4, -0.2) is 36.0 Å². The molecule has 0 saturated heterocycles. The molecule has 0 radical (unpaired) electrons. The molecule has 0 saturated carbocycles. The second-order valence-corrected chi connectivity index (χ2v) is 5.68. The molecule has 0 bridgehead atoms. The predicted molar refractivity (Wildman–Crippen MR) is 91.6 cm³/mol. The van der Waals surface area contributed by atoms with Crippen LogP contribution in [0.3, 0.4) is 0 Å². The van der Waals surface area contributed by atoms with Gasteiger partial charge < -0.3 is 9.84 Å². The van der Waals surface area contributed by atoms with E-state index in [-0.39, 0.29) is 12.5 Å². The molecule has 0 fully saturated rings. The summed E-state index contributed by atoms with van der Waals surface area (Å²) in [6.45, 7) is 1.76. The van der Waals surface area contributed by atoms with Crippen molar-refractivity contribution in [3.8, 4) is 11.5 Å². The van der Waals surface area contributed by atoms with E-state index < -0.39 is 6.04 Å². The number of pyridine rings is 1. The summed E-state index contributed by atoms with van der Waals surface area (Å²) >= 11 is 0. The van der Waals surface area contributed by atoms with Gasteiger partial charge in [0.15, 0.2) is 0 Å². The van der Waals surface area contributed by atoms with Gasteiger partial charge in [0.1, 0.15) is 29.3 Å². The van der Waals surface area contributed by atoms with E-state index in [4.69, 9.17) is 4.52 Å². The number of hydrogen-bond donors (Lipinski definition) is 1. The van der Waals surface area contributed by atoms with Crippen molar-refractivity contribution in [1.29, 1.82) is 0 Å². The van der Waals surface area contributed by atoms with E-state index in [1.54, 1.807) is 25.3 Å². The van der Waals surface area contributed by atoms with E-state index in [9.17, 15) is 4.79 Å². The zero-order chi connectivity index (χ0) is 17.9. The Bertz CT molecular complexity index is 1010. The lowest BCUT2D eigenvalue weighted by molar-refractivity contribution is -0.122. The fraction of sp³-hybridized carbons (Fsp3) is 0.176. The van der Waals surface area contributed by atoms with E-state index in [2.05, 4.69) is 30.6 Å². The quantitative estimate of drug-likeness (QED) is 0.584. The lowest BCUT2D eigenvalue weighted by Gasteiger charge is -2.08. The summed E-state index contributed by atoms with van der Waals surface area (Å²) in [6.07, 6.45) is 1.65. The SMILES string of the molecule is C[C@@H](NC(=O)Cn1nc2ccccc2n1)c1nc(-c2ccccn2)no1. The van der Waals surface area contributed by atoms with E-state index >= 15 is 0 Å². The smallest absolute Gasteiger partial charge is 0.249 e. The van der Waals surface area contributed by atoms with E-state index in [0.717, 1.165) is 11.0 Å². The molecule has 9 nitrogen and oxygen atoms in total. The van der Waals surface area contributed by atoms with Crippen LogP contribution in [0.25, 0.3) is 22.6 Å². The fourth-order valence-electron chi connectivity index (χ4n) is 2.46. The van der Waals surface area contributed by atoms with Gasteiger partial charge >= 0.3 is 0 Å². The molecule has 1 amide bonds. The molecule has 3 aromatic heterocycles. The van der Waals surface area contributed by atoms with Crippen molar-refractivity contribution in [1.82, 2.24) is 35.4 Å². The lowest BCUT2D eigenvalue weighted by atomic mass is 10.3. The highest BCUT2D eigenvalue weighted by Crippen LogP contribution is 2.16. The zero-order valence-electron chi connectivity index (χ0n) is 13.9. The van der Waals surface area contributed by atoms with Crippen LogP contribution < -0.4 is 5.32 Å². The predicted octanol–water partition coefficient (Wildman–Crippen LogP) is 1.75. The number of benzene rings is 1. The van der Waals surface area contributed by atoms with Crippen molar-refractivity contribution in [2.45, 2.75) is 19.5 Å². The van der Waals surface area contributed by atoms with Crippen LogP contribution in [0.2, 0.25) is 0 Å². The first kappa shape index (κ1) is 15.9. The third-order valence-corrected chi connectivity index (χ3v) is 3.70. The maximum Gasteiger partial charge on any atom is 0.249 e. The summed E-state index contributed by atoms with van der Waals surface area (Å²) < 4.78 is 5.23. The van der Waals surface area contributed by atoms with Crippen LogP contribution in [0.5, 0.6) is 0 Å². The van der Waals surface area contributed by atoms with Crippen LogP contribution in [0, 0.1) is 0 Å². The van der Waals surface area contributed by atoms with E-state index in [1.165, 1.54) is 4.80 Å². The van der Waals surface area contributed by atoms with Gasteiger partial charge in [0.05, 0.1) is 0 Å². The molecule has 4 rings (SSSR count). The molecule has 26 heavy (non-hydrogen) atoms. The zero-order valence-corrected chi connectivity index (χ0v) is 13.9. The Morgan fingerprint density at radius 2 is 1.88 bits per heavy atom. The second kappa shape index (κ2) is 6.71. The Kier molecular flexibility index (Phi) is 4.10. The van der Waals surface area contributed by atoms with Gasteiger partial charge in [-0.1, -0.05) is 23.4 Å². The number of rotatable bonds is 5. The number of hydrogen-bond acceptors (Lipinski definition) is 7. The first-order chi connectivity index (χ1) is 12.7. The molecule has 0 aliphatic heterocycles. The van der Waals surface area contributed by atoms with Crippen molar-refractivity contribution in [3.63, 3.8) is 0 Å². The minimum absolute atomic E-state index is 0.000253. The number of aromatic nitrogens is 6. The molecule has 0 spiro atoms. The van der Waals surface area contributed by atoms with E-state index in [1.807, 2.05) is 30.3 Å². The molecule has 0 unspecified atom stereocenters. The number of nitrogens with one attached hydrogen (secondary N) is 1. The van der Waals surface area contributed by atoms with Crippen molar-refractivity contribution in [2.24, 2.45) is 0 Å². The third-order valence-electron chi connectivity index (χ3n) is 3.70. The summed E-state index contributed by atoms with van der Waals surface area (Å²) in [7, 11) is 0. The van der Waals surface area contributed by atoms with Gasteiger partial charge in [0.2, 0.25) is 17.6 Å². The number of carbonyl (C=O) groups is 1. The van der Waals surface area contributed by atoms with Gasteiger partial charge in [0.25, 0.3) is 0 Å². The van der Waals surface area contributed by atoms with Crippen molar-refractivity contribution in [3.05, 3.63) is 54.6 Å². The fourth-order valence-corrected chi connectivity index (χ4v) is 2.46. The van der Waals surface area contributed by atoms with Gasteiger partial charge in [0, 0.05) is 6.20 Å². The Balaban J connectivity index is 1.42. The minimum Gasteiger partial charge on any atom is -0.343 e. The Morgan fingerprint density at radius 1 is 1.15 bits per heavy atom. The molecule has 0 aliphatic carbocycles. The highest BCUT2D eigenvalue weighted by molar-refractivity contribution is 5.77. The number of amides is 1. The molecular formula is C17H15N7O2. The van der Waals surface area contributed by atoms with Gasteiger partial charge in [-0.05, 0) is 31.2 Å². The maximum absolute atomic E-state index is 12.2. The van der Waals surface area contributed by atoms with Crippen molar-refractivity contribution in [2.75, 3.05) is 0 Å². The monoisotopic (exact) mass is 349 g/mol. The normalized spacial score (nSPS) is 12.2. The molecule has 1 atom stereocenters. The molecule has 0 aliphatic rings. The summed E-state index contributed by atoms with van der Waals surface area (Å²) in [5.41, 5.74) is 2.09. The molecule has 1 aromatic carbocycles. The van der Waals surface area contributed by atoms with Crippen LogP contribution in [0.1, 0.15) is 18.9 Å². The average molecular weight is 349 g/mol. The highest BCUT2D eigenvalue weighted by atomic mass is 16.5. The summed E-state index contributed by atoms with van der Waals surface area (Å²) in [5.74, 6) is 0.426. The number of carbonyl (C=O) groups excluding carboxylic acids is 1. The second-order valence-electron chi connectivity index (χ2n) is 5.68. The van der Waals surface area contributed by atoms with Gasteiger partial charge in [-0.15, -0.1) is 0 Å². The molecule has 4 aromatic rings. The molecule has 1 N–H and O–H groups in total. The molecule has 3 heterocycles. The van der Waals surface area contributed by atoms with Crippen LogP contribution >= 0.6 is 0 Å². The van der Waals surface area contributed by atoms with Crippen molar-refractivity contribution >= 4 is 16.9 Å². The van der Waals surface area contributed by atoms with Crippen LogP contribution in [-0.2, 0) is 11.3 Å². The maximum atomic E-state index is 12.2.